The molecule has 1 aromatic heterocycles. The molecule has 4 aromatic rings. The van der Waals surface area contributed by atoms with Crippen molar-refractivity contribution in [3.63, 3.8) is 0 Å². The van der Waals surface area contributed by atoms with Gasteiger partial charge in [-0.1, -0.05) is 72.3 Å². The smallest absolute Gasteiger partial charge is 0.254 e. The van der Waals surface area contributed by atoms with Crippen molar-refractivity contribution in [1.29, 1.82) is 0 Å². The van der Waals surface area contributed by atoms with Crippen molar-refractivity contribution in [3.8, 4) is 22.8 Å². The van der Waals surface area contributed by atoms with E-state index in [0.29, 0.717) is 42.5 Å². The van der Waals surface area contributed by atoms with Gasteiger partial charge in [-0.3, -0.25) is 4.79 Å². The molecule has 1 fully saturated rings. The van der Waals surface area contributed by atoms with Gasteiger partial charge in [-0.25, -0.2) is 4.98 Å². The van der Waals surface area contributed by atoms with Crippen LogP contribution in [-0.2, 0) is 11.3 Å². The molecule has 0 atom stereocenters. The highest BCUT2D eigenvalue weighted by Crippen LogP contribution is 2.29. The quantitative estimate of drug-likeness (QED) is 0.353. The monoisotopic (exact) mass is 452 g/mol. The van der Waals surface area contributed by atoms with Crippen LogP contribution < -0.4 is 0 Å². The standard InChI is InChI=1S/C29H28N2O3/c1-21-11-13-23(14-12-21)27-19-30-28(34-27)25-9-5-6-10-26(25)29(32)31-17-15-24(16-18-31)33-20-22-7-3-2-4-8-22/h2-14,19,24H,15-18,20H2,1H3. The minimum absolute atomic E-state index is 0.00666. The Balaban J connectivity index is 1.26. The molecule has 0 spiro atoms. The molecule has 5 nitrogen and oxygen atoms in total. The first kappa shape index (κ1) is 22.1. The third-order valence-corrected chi connectivity index (χ3v) is 6.29. The Bertz CT molecular complexity index is 1240. The summed E-state index contributed by atoms with van der Waals surface area (Å²) in [5, 5.41) is 0. The van der Waals surface area contributed by atoms with E-state index in [2.05, 4.69) is 24.0 Å². The number of carbonyl (C=O) groups is 1. The molecule has 0 N–H and O–H groups in total. The fourth-order valence-corrected chi connectivity index (χ4v) is 4.29. The van der Waals surface area contributed by atoms with Crippen molar-refractivity contribution in [2.75, 3.05) is 13.1 Å². The average molecular weight is 453 g/mol. The van der Waals surface area contributed by atoms with Crippen LogP contribution in [0.5, 0.6) is 0 Å². The largest absolute Gasteiger partial charge is 0.436 e. The van der Waals surface area contributed by atoms with Gasteiger partial charge in [0.2, 0.25) is 5.89 Å². The number of likely N-dealkylation sites (tertiary alicyclic amines) is 1. The van der Waals surface area contributed by atoms with Crippen LogP contribution in [0.25, 0.3) is 22.8 Å². The van der Waals surface area contributed by atoms with Gasteiger partial charge < -0.3 is 14.1 Å². The van der Waals surface area contributed by atoms with E-state index in [9.17, 15) is 4.79 Å². The molecule has 0 saturated carbocycles. The maximum atomic E-state index is 13.4. The van der Waals surface area contributed by atoms with Crippen LogP contribution in [0.15, 0.2) is 89.5 Å². The molecule has 3 aromatic carbocycles. The molecule has 0 unspecified atom stereocenters. The molecular weight excluding hydrogens is 424 g/mol. The summed E-state index contributed by atoms with van der Waals surface area (Å²) >= 11 is 0. The lowest BCUT2D eigenvalue weighted by Crippen LogP contribution is -2.41. The first-order chi connectivity index (χ1) is 16.7. The van der Waals surface area contributed by atoms with Crippen LogP contribution in [-0.4, -0.2) is 35.0 Å². The van der Waals surface area contributed by atoms with Crippen molar-refractivity contribution in [2.24, 2.45) is 0 Å². The molecule has 1 aliphatic rings. The van der Waals surface area contributed by atoms with E-state index in [0.717, 1.165) is 18.4 Å². The fourth-order valence-electron chi connectivity index (χ4n) is 4.29. The van der Waals surface area contributed by atoms with Crippen molar-refractivity contribution in [1.82, 2.24) is 9.88 Å². The van der Waals surface area contributed by atoms with Crippen LogP contribution in [0.3, 0.4) is 0 Å². The summed E-state index contributed by atoms with van der Waals surface area (Å²) in [7, 11) is 0. The summed E-state index contributed by atoms with van der Waals surface area (Å²) in [4.78, 5) is 19.8. The highest BCUT2D eigenvalue weighted by molar-refractivity contribution is 6.00. The normalized spacial score (nSPS) is 14.3. The summed E-state index contributed by atoms with van der Waals surface area (Å²) in [6, 6.07) is 25.9. The predicted molar refractivity (Wildman–Crippen MR) is 132 cm³/mol. The topological polar surface area (TPSA) is 55.6 Å². The van der Waals surface area contributed by atoms with E-state index < -0.39 is 0 Å². The number of aryl methyl sites for hydroxylation is 1. The molecule has 0 radical (unpaired) electrons. The van der Waals surface area contributed by atoms with E-state index in [-0.39, 0.29) is 12.0 Å². The molecule has 172 valence electrons. The molecule has 5 rings (SSSR count). The van der Waals surface area contributed by atoms with E-state index in [4.69, 9.17) is 9.15 Å². The zero-order valence-electron chi connectivity index (χ0n) is 19.3. The first-order valence-electron chi connectivity index (χ1n) is 11.7. The highest BCUT2D eigenvalue weighted by Gasteiger charge is 2.26. The maximum Gasteiger partial charge on any atom is 0.254 e. The summed E-state index contributed by atoms with van der Waals surface area (Å²) in [6.45, 7) is 4.01. The Morgan fingerprint density at radius 1 is 0.971 bits per heavy atom. The van der Waals surface area contributed by atoms with Crippen molar-refractivity contribution in [2.45, 2.75) is 32.5 Å². The Labute approximate surface area is 200 Å². The van der Waals surface area contributed by atoms with E-state index in [1.807, 2.05) is 71.6 Å². The van der Waals surface area contributed by atoms with Gasteiger partial charge in [-0.2, -0.15) is 0 Å². The predicted octanol–water partition coefficient (Wildman–Crippen LogP) is 6.14. The van der Waals surface area contributed by atoms with Gasteiger partial charge in [0.25, 0.3) is 5.91 Å². The van der Waals surface area contributed by atoms with Gasteiger partial charge in [0.15, 0.2) is 5.76 Å². The number of hydrogen-bond acceptors (Lipinski definition) is 4. The van der Waals surface area contributed by atoms with Crippen LogP contribution in [0.2, 0.25) is 0 Å². The van der Waals surface area contributed by atoms with Crippen molar-refractivity contribution in [3.05, 3.63) is 102 Å². The zero-order chi connectivity index (χ0) is 23.3. The van der Waals surface area contributed by atoms with E-state index in [1.54, 1.807) is 6.20 Å². The van der Waals surface area contributed by atoms with E-state index in [1.165, 1.54) is 11.1 Å². The van der Waals surface area contributed by atoms with Gasteiger partial charge >= 0.3 is 0 Å². The minimum atomic E-state index is 0.00666. The van der Waals surface area contributed by atoms with E-state index >= 15 is 0 Å². The highest BCUT2D eigenvalue weighted by atomic mass is 16.5. The SMILES string of the molecule is Cc1ccc(-c2cnc(-c3ccccc3C(=O)N3CCC(OCc4ccccc4)CC3)o2)cc1. The van der Waals surface area contributed by atoms with Crippen molar-refractivity contribution < 1.29 is 13.9 Å². The van der Waals surface area contributed by atoms with Crippen LogP contribution >= 0.6 is 0 Å². The number of rotatable bonds is 6. The number of carbonyl (C=O) groups excluding carboxylic acids is 1. The number of ether oxygens (including phenoxy) is 1. The first-order valence-corrected chi connectivity index (χ1v) is 11.7. The number of amides is 1. The minimum Gasteiger partial charge on any atom is -0.436 e. The molecule has 34 heavy (non-hydrogen) atoms. The average Bonchev–Trinajstić information content (AvgIpc) is 3.39. The lowest BCUT2D eigenvalue weighted by atomic mass is 10.0. The molecule has 0 bridgehead atoms. The van der Waals surface area contributed by atoms with Crippen LogP contribution in [0.4, 0.5) is 0 Å². The zero-order valence-corrected chi connectivity index (χ0v) is 19.3. The molecule has 5 heteroatoms. The number of piperidine rings is 1. The fraction of sp³-hybridized carbons (Fsp3) is 0.241. The number of hydrogen-bond donors (Lipinski definition) is 0. The molecule has 1 aliphatic heterocycles. The van der Waals surface area contributed by atoms with Crippen LogP contribution in [0, 0.1) is 6.92 Å². The molecule has 1 amide bonds. The Morgan fingerprint density at radius 2 is 1.68 bits per heavy atom. The lowest BCUT2D eigenvalue weighted by Gasteiger charge is -2.32. The summed E-state index contributed by atoms with van der Waals surface area (Å²) < 4.78 is 12.1. The number of oxazole rings is 1. The molecule has 0 aliphatic carbocycles. The molecular formula is C29H28N2O3. The van der Waals surface area contributed by atoms with Gasteiger partial charge in [0.05, 0.1) is 24.5 Å². The Kier molecular flexibility index (Phi) is 6.54. The number of nitrogens with zero attached hydrogens (tertiary/aromatic N) is 2. The summed E-state index contributed by atoms with van der Waals surface area (Å²) in [5.41, 5.74) is 4.65. The maximum absolute atomic E-state index is 13.4. The number of benzene rings is 3. The second-order valence-corrected chi connectivity index (χ2v) is 8.73. The molecule has 1 saturated heterocycles. The van der Waals surface area contributed by atoms with Gasteiger partial charge in [-0.15, -0.1) is 0 Å². The second kappa shape index (κ2) is 10.1. The van der Waals surface area contributed by atoms with Gasteiger partial charge in [-0.05, 0) is 37.5 Å². The number of aromatic nitrogens is 1. The third-order valence-electron chi connectivity index (χ3n) is 6.29. The van der Waals surface area contributed by atoms with Crippen LogP contribution in [0.1, 0.15) is 34.3 Å². The van der Waals surface area contributed by atoms with Crippen molar-refractivity contribution >= 4 is 5.91 Å². The summed E-state index contributed by atoms with van der Waals surface area (Å²) in [5.74, 6) is 1.15. The Hall–Kier alpha value is -3.70. The van der Waals surface area contributed by atoms with Gasteiger partial charge in [0, 0.05) is 24.2 Å². The lowest BCUT2D eigenvalue weighted by molar-refractivity contribution is -0.000367. The Morgan fingerprint density at radius 3 is 2.44 bits per heavy atom. The summed E-state index contributed by atoms with van der Waals surface area (Å²) in [6.07, 6.45) is 3.55. The third kappa shape index (κ3) is 4.95. The second-order valence-electron chi connectivity index (χ2n) is 8.73. The molecule has 2 heterocycles. The van der Waals surface area contributed by atoms with Gasteiger partial charge in [0.1, 0.15) is 0 Å².